The summed E-state index contributed by atoms with van der Waals surface area (Å²) in [5.74, 6) is 1.48. The lowest BCUT2D eigenvalue weighted by Gasteiger charge is -2.25. The molecular weight excluding hydrogens is 226 g/mol. The molecule has 1 aromatic carbocycles. The zero-order chi connectivity index (χ0) is 13.7. The van der Waals surface area contributed by atoms with Crippen LogP contribution in [0.4, 0.5) is 0 Å². The van der Waals surface area contributed by atoms with Crippen LogP contribution in [-0.2, 0) is 0 Å². The number of carbonyl (C=O) groups excluding carboxylic acids is 1. The van der Waals surface area contributed by atoms with Crippen molar-refractivity contribution in [3.05, 3.63) is 29.8 Å². The number of nitrogens with zero attached hydrogens (tertiary/aromatic N) is 1. The molecule has 0 fully saturated rings. The number of benzene rings is 1. The van der Waals surface area contributed by atoms with E-state index in [0.717, 1.165) is 17.9 Å². The Morgan fingerprint density at radius 3 is 2.22 bits per heavy atom. The smallest absolute Gasteiger partial charge is 0.179 e. The van der Waals surface area contributed by atoms with Crippen LogP contribution in [0.1, 0.15) is 31.1 Å². The van der Waals surface area contributed by atoms with E-state index in [1.165, 1.54) is 0 Å². The lowest BCUT2D eigenvalue weighted by atomic mass is 10.0. The summed E-state index contributed by atoms with van der Waals surface area (Å²) >= 11 is 0. The molecule has 1 aromatic rings. The van der Waals surface area contributed by atoms with Crippen LogP contribution < -0.4 is 4.74 Å². The minimum Gasteiger partial charge on any atom is -0.497 e. The monoisotopic (exact) mass is 249 g/mol. The second kappa shape index (κ2) is 6.55. The molecule has 3 heteroatoms. The van der Waals surface area contributed by atoms with Gasteiger partial charge >= 0.3 is 0 Å². The first-order valence-corrected chi connectivity index (χ1v) is 6.34. The van der Waals surface area contributed by atoms with Crippen LogP contribution in [0, 0.1) is 5.92 Å². The van der Waals surface area contributed by atoms with Gasteiger partial charge in [-0.15, -0.1) is 0 Å². The van der Waals surface area contributed by atoms with Gasteiger partial charge in [0.25, 0.3) is 0 Å². The number of likely N-dealkylation sites (N-methyl/N-ethyl adjacent to an activating group) is 1. The van der Waals surface area contributed by atoms with Crippen molar-refractivity contribution in [3.8, 4) is 5.75 Å². The summed E-state index contributed by atoms with van der Waals surface area (Å²) < 4.78 is 5.09. The van der Waals surface area contributed by atoms with Crippen molar-refractivity contribution in [1.29, 1.82) is 0 Å². The predicted octanol–water partition coefficient (Wildman–Crippen LogP) is 2.85. The van der Waals surface area contributed by atoms with Crippen molar-refractivity contribution in [3.63, 3.8) is 0 Å². The molecule has 0 N–H and O–H groups in total. The fourth-order valence-electron chi connectivity index (χ4n) is 1.93. The largest absolute Gasteiger partial charge is 0.497 e. The van der Waals surface area contributed by atoms with Gasteiger partial charge in [-0.2, -0.15) is 0 Å². The first-order valence-electron chi connectivity index (χ1n) is 6.34. The normalized spacial score (nSPS) is 12.8. The molecule has 0 aliphatic rings. The molecule has 0 aliphatic carbocycles. The van der Waals surface area contributed by atoms with Crippen molar-refractivity contribution >= 4 is 5.78 Å². The maximum absolute atomic E-state index is 12.3. The molecule has 18 heavy (non-hydrogen) atoms. The van der Waals surface area contributed by atoms with Gasteiger partial charge in [-0.25, -0.2) is 0 Å². The molecule has 100 valence electrons. The number of hydrogen-bond acceptors (Lipinski definition) is 3. The highest BCUT2D eigenvalue weighted by Crippen LogP contribution is 2.14. The summed E-state index contributed by atoms with van der Waals surface area (Å²) in [6.07, 6.45) is 0. The maximum atomic E-state index is 12.3. The molecule has 1 rings (SSSR count). The minimum absolute atomic E-state index is 0.0965. The Labute approximate surface area is 110 Å². The van der Waals surface area contributed by atoms with Crippen molar-refractivity contribution in [2.75, 3.05) is 20.7 Å². The number of carbonyl (C=O) groups is 1. The minimum atomic E-state index is -0.0965. The number of hydrogen-bond donors (Lipinski definition) is 0. The summed E-state index contributed by atoms with van der Waals surface area (Å²) in [7, 11) is 3.61. The van der Waals surface area contributed by atoms with Crippen LogP contribution in [0.25, 0.3) is 0 Å². The van der Waals surface area contributed by atoms with Gasteiger partial charge in [0.2, 0.25) is 0 Å². The topological polar surface area (TPSA) is 29.5 Å². The molecule has 1 unspecified atom stereocenters. The number of Topliss-reactive ketones (excluding diaryl/α,β-unsaturated/α-hetero) is 1. The Balaban J connectivity index is 2.73. The molecule has 0 bridgehead atoms. The highest BCUT2D eigenvalue weighted by molar-refractivity contribution is 5.99. The third-order valence-corrected chi connectivity index (χ3v) is 3.07. The second-order valence-corrected chi connectivity index (χ2v) is 5.10. The van der Waals surface area contributed by atoms with Gasteiger partial charge in [-0.05, 0) is 44.2 Å². The van der Waals surface area contributed by atoms with Crippen LogP contribution in [0.2, 0.25) is 0 Å². The Morgan fingerprint density at radius 1 is 1.22 bits per heavy atom. The van der Waals surface area contributed by atoms with Gasteiger partial charge in [-0.1, -0.05) is 13.8 Å². The lowest BCUT2D eigenvalue weighted by Crippen LogP contribution is -2.38. The quantitative estimate of drug-likeness (QED) is 0.726. The molecule has 0 aliphatic heterocycles. The number of rotatable bonds is 6. The molecule has 0 amide bonds. The molecule has 0 heterocycles. The fourth-order valence-corrected chi connectivity index (χ4v) is 1.93. The number of ether oxygens (including phenoxy) is 1. The van der Waals surface area contributed by atoms with E-state index in [2.05, 4.69) is 18.7 Å². The SMILES string of the molecule is COc1ccc(C(=O)C(C)N(C)CC(C)C)cc1. The zero-order valence-electron chi connectivity index (χ0n) is 11.9. The average Bonchev–Trinajstić information content (AvgIpc) is 2.36. The van der Waals surface area contributed by atoms with Gasteiger partial charge in [0.1, 0.15) is 5.75 Å². The van der Waals surface area contributed by atoms with E-state index in [1.54, 1.807) is 7.11 Å². The van der Waals surface area contributed by atoms with E-state index in [1.807, 2.05) is 38.2 Å². The van der Waals surface area contributed by atoms with Gasteiger partial charge < -0.3 is 4.74 Å². The summed E-state index contributed by atoms with van der Waals surface area (Å²) in [5, 5.41) is 0. The van der Waals surface area contributed by atoms with E-state index in [0.29, 0.717) is 5.92 Å². The Bertz CT molecular complexity index is 384. The predicted molar refractivity (Wildman–Crippen MR) is 74.3 cm³/mol. The molecule has 0 aromatic heterocycles. The molecular formula is C15H23NO2. The molecule has 0 saturated heterocycles. The molecule has 0 spiro atoms. The van der Waals surface area contributed by atoms with Crippen LogP contribution in [0.3, 0.4) is 0 Å². The van der Waals surface area contributed by atoms with Crippen molar-refractivity contribution < 1.29 is 9.53 Å². The summed E-state index contributed by atoms with van der Waals surface area (Å²) in [6.45, 7) is 7.18. The average molecular weight is 249 g/mol. The van der Waals surface area contributed by atoms with Crippen LogP contribution >= 0.6 is 0 Å². The Hall–Kier alpha value is -1.35. The number of methoxy groups -OCH3 is 1. The first-order chi connectivity index (χ1) is 8.45. The summed E-state index contributed by atoms with van der Waals surface area (Å²) in [5.41, 5.74) is 0.735. The van der Waals surface area contributed by atoms with Crippen molar-refractivity contribution in [2.24, 2.45) is 5.92 Å². The molecule has 0 saturated carbocycles. The molecule has 0 radical (unpaired) electrons. The second-order valence-electron chi connectivity index (χ2n) is 5.10. The zero-order valence-corrected chi connectivity index (χ0v) is 11.9. The van der Waals surface area contributed by atoms with E-state index >= 15 is 0 Å². The van der Waals surface area contributed by atoms with E-state index in [4.69, 9.17) is 4.74 Å². The van der Waals surface area contributed by atoms with Crippen LogP contribution in [0.5, 0.6) is 5.75 Å². The van der Waals surface area contributed by atoms with E-state index in [-0.39, 0.29) is 11.8 Å². The van der Waals surface area contributed by atoms with Crippen molar-refractivity contribution in [2.45, 2.75) is 26.8 Å². The highest BCUT2D eigenvalue weighted by atomic mass is 16.5. The van der Waals surface area contributed by atoms with Crippen LogP contribution in [0.15, 0.2) is 24.3 Å². The fraction of sp³-hybridized carbons (Fsp3) is 0.533. The lowest BCUT2D eigenvalue weighted by molar-refractivity contribution is 0.0857. The first kappa shape index (κ1) is 14.7. The standard InChI is InChI=1S/C15H23NO2/c1-11(2)10-16(4)12(3)15(17)13-6-8-14(18-5)9-7-13/h6-9,11-12H,10H2,1-5H3. The maximum Gasteiger partial charge on any atom is 0.179 e. The van der Waals surface area contributed by atoms with Gasteiger partial charge in [0.05, 0.1) is 13.2 Å². The van der Waals surface area contributed by atoms with Gasteiger partial charge in [-0.3, -0.25) is 9.69 Å². The van der Waals surface area contributed by atoms with E-state index in [9.17, 15) is 4.79 Å². The number of ketones is 1. The highest BCUT2D eigenvalue weighted by Gasteiger charge is 2.19. The molecule has 3 nitrogen and oxygen atoms in total. The third kappa shape index (κ3) is 3.84. The van der Waals surface area contributed by atoms with Gasteiger partial charge in [0.15, 0.2) is 5.78 Å². The Kier molecular flexibility index (Phi) is 5.35. The van der Waals surface area contributed by atoms with Crippen molar-refractivity contribution in [1.82, 2.24) is 4.90 Å². The molecule has 1 atom stereocenters. The van der Waals surface area contributed by atoms with Crippen LogP contribution in [-0.4, -0.2) is 37.4 Å². The van der Waals surface area contributed by atoms with Gasteiger partial charge in [0, 0.05) is 12.1 Å². The van der Waals surface area contributed by atoms with E-state index < -0.39 is 0 Å². The summed E-state index contributed by atoms with van der Waals surface area (Å²) in [6, 6.07) is 7.19. The Morgan fingerprint density at radius 2 is 1.78 bits per heavy atom. The third-order valence-electron chi connectivity index (χ3n) is 3.07. The summed E-state index contributed by atoms with van der Waals surface area (Å²) in [4.78, 5) is 14.4.